The highest BCUT2D eigenvalue weighted by Gasteiger charge is 2.42. The lowest BCUT2D eigenvalue weighted by Gasteiger charge is -2.40. The second-order valence-electron chi connectivity index (χ2n) is 8.58. The highest BCUT2D eigenvalue weighted by molar-refractivity contribution is 6.08. The van der Waals surface area contributed by atoms with Crippen molar-refractivity contribution in [3.63, 3.8) is 0 Å². The molecule has 2 fully saturated rings. The first kappa shape index (κ1) is 22.1. The largest absolute Gasteiger partial charge is 0.480 e. The van der Waals surface area contributed by atoms with Crippen molar-refractivity contribution < 1.29 is 14.6 Å². The third kappa shape index (κ3) is 5.53. The Morgan fingerprint density at radius 2 is 1.86 bits per heavy atom. The highest BCUT2D eigenvalue weighted by Crippen LogP contribution is 2.32. The molecule has 0 radical (unpaired) electrons. The fraction of sp³-hybridized carbons (Fsp3) is 0.682. The second kappa shape index (κ2) is 10.5. The standard InChI is InChI=1S/C22H36BN3O3/c23-10-4-3-9-22(24,21(27)28)19-7-11-25(12-8-19)17-18-5-1-2-6-20(18)26-13-15-29-16-14-26/h1-2,5-6,19H,3-4,7-17,23-24H2,(H,27,28). The van der Waals surface area contributed by atoms with E-state index in [-0.39, 0.29) is 5.92 Å². The number of anilines is 1. The predicted octanol–water partition coefficient (Wildman–Crippen LogP) is 1.74. The van der Waals surface area contributed by atoms with Crippen molar-refractivity contribution in [3.8, 4) is 0 Å². The monoisotopic (exact) mass is 401 g/mol. The number of carboxylic acid groups (broad SMARTS) is 1. The zero-order valence-corrected chi connectivity index (χ0v) is 17.8. The number of benzene rings is 1. The molecule has 1 aromatic rings. The van der Waals surface area contributed by atoms with Crippen LogP contribution in [0.5, 0.6) is 0 Å². The number of hydrogen-bond donors (Lipinski definition) is 2. The molecule has 2 aliphatic rings. The molecule has 2 aliphatic heterocycles. The SMILES string of the molecule is BCCCCC(N)(C(=O)O)C1CCN(Cc2ccccc2N2CCOCC2)CC1. The lowest BCUT2D eigenvalue weighted by molar-refractivity contribution is -0.147. The summed E-state index contributed by atoms with van der Waals surface area (Å²) >= 11 is 0. The van der Waals surface area contributed by atoms with E-state index in [0.29, 0.717) is 6.42 Å². The smallest absolute Gasteiger partial charge is 0.323 e. The third-order valence-corrected chi connectivity index (χ3v) is 6.65. The Hall–Kier alpha value is -1.57. The van der Waals surface area contributed by atoms with E-state index in [1.54, 1.807) is 0 Å². The van der Waals surface area contributed by atoms with E-state index in [1.807, 2.05) is 0 Å². The van der Waals surface area contributed by atoms with Crippen molar-refractivity contribution in [2.75, 3.05) is 44.3 Å². The Morgan fingerprint density at radius 3 is 2.52 bits per heavy atom. The van der Waals surface area contributed by atoms with Gasteiger partial charge in [0, 0.05) is 25.3 Å². The van der Waals surface area contributed by atoms with Gasteiger partial charge in [-0.25, -0.2) is 0 Å². The second-order valence-corrected chi connectivity index (χ2v) is 8.58. The van der Waals surface area contributed by atoms with Crippen LogP contribution in [0.3, 0.4) is 0 Å². The number of ether oxygens (including phenoxy) is 1. The summed E-state index contributed by atoms with van der Waals surface area (Å²) in [6.07, 6.45) is 5.32. The minimum atomic E-state index is -1.08. The van der Waals surface area contributed by atoms with E-state index < -0.39 is 11.5 Å². The first-order valence-electron chi connectivity index (χ1n) is 11.2. The topological polar surface area (TPSA) is 79.0 Å². The van der Waals surface area contributed by atoms with Crippen LogP contribution in [0.2, 0.25) is 6.32 Å². The average molecular weight is 401 g/mol. The number of hydrogen-bond acceptors (Lipinski definition) is 5. The number of piperidine rings is 1. The van der Waals surface area contributed by atoms with Gasteiger partial charge >= 0.3 is 5.97 Å². The lowest BCUT2D eigenvalue weighted by atomic mass is 9.75. The number of carbonyl (C=O) groups is 1. The summed E-state index contributed by atoms with van der Waals surface area (Å²) in [6, 6.07) is 8.63. The zero-order chi connectivity index (χ0) is 20.7. The number of carboxylic acids is 1. The molecule has 29 heavy (non-hydrogen) atoms. The molecule has 1 unspecified atom stereocenters. The molecule has 7 heteroatoms. The van der Waals surface area contributed by atoms with E-state index in [4.69, 9.17) is 10.5 Å². The molecule has 0 saturated carbocycles. The molecule has 0 spiro atoms. The first-order chi connectivity index (χ1) is 14.0. The van der Waals surface area contributed by atoms with Gasteiger partial charge in [-0.1, -0.05) is 37.4 Å². The van der Waals surface area contributed by atoms with E-state index in [2.05, 4.69) is 41.9 Å². The Morgan fingerprint density at radius 1 is 1.17 bits per heavy atom. The summed E-state index contributed by atoms with van der Waals surface area (Å²) in [7, 11) is 2.13. The highest BCUT2D eigenvalue weighted by atomic mass is 16.5. The Kier molecular flexibility index (Phi) is 7.98. The van der Waals surface area contributed by atoms with Gasteiger partial charge in [-0.05, 0) is 49.9 Å². The van der Waals surface area contributed by atoms with Crippen LogP contribution in [0.1, 0.15) is 37.7 Å². The maximum atomic E-state index is 12.0. The molecule has 2 heterocycles. The van der Waals surface area contributed by atoms with Crippen molar-refractivity contribution in [1.29, 1.82) is 0 Å². The van der Waals surface area contributed by atoms with Gasteiger partial charge in [0.25, 0.3) is 0 Å². The molecule has 3 N–H and O–H groups in total. The van der Waals surface area contributed by atoms with Crippen LogP contribution >= 0.6 is 0 Å². The fourth-order valence-corrected chi connectivity index (χ4v) is 4.76. The summed E-state index contributed by atoms with van der Waals surface area (Å²) in [6.45, 7) is 6.15. The Bertz CT molecular complexity index is 660. The maximum Gasteiger partial charge on any atom is 0.323 e. The lowest BCUT2D eigenvalue weighted by Crippen LogP contribution is -2.56. The van der Waals surface area contributed by atoms with Gasteiger partial charge in [-0.3, -0.25) is 9.69 Å². The summed E-state index contributed by atoms with van der Waals surface area (Å²) in [5, 5.41) is 9.81. The van der Waals surface area contributed by atoms with Crippen LogP contribution in [0.15, 0.2) is 24.3 Å². The minimum Gasteiger partial charge on any atom is -0.480 e. The maximum absolute atomic E-state index is 12.0. The molecule has 0 amide bonds. The van der Waals surface area contributed by atoms with Crippen LogP contribution in [-0.4, -0.2) is 68.8 Å². The Labute approximate surface area is 175 Å². The number of nitrogens with two attached hydrogens (primary N) is 1. The van der Waals surface area contributed by atoms with Gasteiger partial charge in [0.15, 0.2) is 0 Å². The van der Waals surface area contributed by atoms with E-state index in [0.717, 1.165) is 77.9 Å². The number of nitrogens with zero attached hydrogens (tertiary/aromatic N) is 2. The first-order valence-corrected chi connectivity index (χ1v) is 11.2. The zero-order valence-electron chi connectivity index (χ0n) is 17.8. The van der Waals surface area contributed by atoms with Gasteiger partial charge in [-0.2, -0.15) is 0 Å². The third-order valence-electron chi connectivity index (χ3n) is 6.65. The van der Waals surface area contributed by atoms with Gasteiger partial charge in [0.05, 0.1) is 13.2 Å². The Balaban J connectivity index is 1.59. The fourth-order valence-electron chi connectivity index (χ4n) is 4.76. The number of unbranched alkanes of at least 4 members (excludes halogenated alkanes) is 1. The molecule has 0 bridgehead atoms. The average Bonchev–Trinajstić information content (AvgIpc) is 2.75. The van der Waals surface area contributed by atoms with Crippen molar-refractivity contribution in [2.45, 2.75) is 50.5 Å². The van der Waals surface area contributed by atoms with Gasteiger partial charge in [-0.15, -0.1) is 0 Å². The summed E-state index contributed by atoms with van der Waals surface area (Å²) in [5.74, 6) is -0.771. The minimum absolute atomic E-state index is 0.0580. The summed E-state index contributed by atoms with van der Waals surface area (Å²) in [5.41, 5.74) is 8.01. The normalized spacial score (nSPS) is 21.1. The molecule has 1 atom stereocenters. The van der Waals surface area contributed by atoms with E-state index in [9.17, 15) is 9.90 Å². The number of likely N-dealkylation sites (tertiary alicyclic amines) is 1. The number of aliphatic carboxylic acids is 1. The number of rotatable bonds is 9. The summed E-state index contributed by atoms with van der Waals surface area (Å²) in [4.78, 5) is 16.8. The van der Waals surface area contributed by atoms with Gasteiger partial charge < -0.3 is 20.5 Å². The van der Waals surface area contributed by atoms with Crippen molar-refractivity contribution in [3.05, 3.63) is 29.8 Å². The number of morpholine rings is 1. The van der Waals surface area contributed by atoms with Gasteiger partial charge in [0.1, 0.15) is 13.4 Å². The molecule has 3 rings (SSSR count). The van der Waals surface area contributed by atoms with Crippen LogP contribution in [-0.2, 0) is 16.1 Å². The van der Waals surface area contributed by atoms with Crippen molar-refractivity contribution in [1.82, 2.24) is 4.90 Å². The van der Waals surface area contributed by atoms with Crippen LogP contribution in [0.25, 0.3) is 0 Å². The van der Waals surface area contributed by atoms with Gasteiger partial charge in [0.2, 0.25) is 0 Å². The van der Waals surface area contributed by atoms with Crippen LogP contribution in [0, 0.1) is 5.92 Å². The molecule has 1 aromatic carbocycles. The van der Waals surface area contributed by atoms with E-state index in [1.165, 1.54) is 11.3 Å². The number of para-hydroxylation sites is 1. The van der Waals surface area contributed by atoms with Crippen LogP contribution < -0.4 is 10.6 Å². The predicted molar refractivity (Wildman–Crippen MR) is 119 cm³/mol. The molecule has 160 valence electrons. The molecular formula is C22H36BN3O3. The van der Waals surface area contributed by atoms with Crippen molar-refractivity contribution in [2.24, 2.45) is 11.7 Å². The molecular weight excluding hydrogens is 365 g/mol. The molecule has 2 saturated heterocycles. The molecule has 0 aromatic heterocycles. The molecule has 0 aliphatic carbocycles. The van der Waals surface area contributed by atoms with Crippen LogP contribution in [0.4, 0.5) is 5.69 Å². The quantitative estimate of drug-likeness (QED) is 0.485. The summed E-state index contributed by atoms with van der Waals surface area (Å²) < 4.78 is 5.50. The van der Waals surface area contributed by atoms with E-state index >= 15 is 0 Å². The van der Waals surface area contributed by atoms with Crippen molar-refractivity contribution >= 4 is 19.5 Å². The molecule has 6 nitrogen and oxygen atoms in total.